The van der Waals surface area contributed by atoms with E-state index in [2.05, 4.69) is 10.5 Å². The van der Waals surface area contributed by atoms with Crippen molar-refractivity contribution in [2.75, 3.05) is 7.11 Å². The van der Waals surface area contributed by atoms with Crippen LogP contribution in [0.2, 0.25) is 0 Å². The van der Waals surface area contributed by atoms with Crippen LogP contribution in [0.4, 0.5) is 0 Å². The van der Waals surface area contributed by atoms with Crippen molar-refractivity contribution < 1.29 is 14.1 Å². The summed E-state index contributed by atoms with van der Waals surface area (Å²) in [4.78, 5) is 12.7. The van der Waals surface area contributed by atoms with Crippen LogP contribution in [0.15, 0.2) is 59.1 Å². The first kappa shape index (κ1) is 17.7. The molecule has 0 bridgehead atoms. The summed E-state index contributed by atoms with van der Waals surface area (Å²) < 4.78 is 10.5. The third-order valence-electron chi connectivity index (χ3n) is 4.38. The first-order valence-electron chi connectivity index (χ1n) is 8.48. The molecule has 1 heterocycles. The summed E-state index contributed by atoms with van der Waals surface area (Å²) in [6, 6.07) is 17.3. The highest BCUT2D eigenvalue weighted by Gasteiger charge is 2.20. The summed E-state index contributed by atoms with van der Waals surface area (Å²) in [5.41, 5.74) is 3.55. The summed E-state index contributed by atoms with van der Waals surface area (Å²) in [6.07, 6.45) is 0.231. The lowest BCUT2D eigenvalue weighted by atomic mass is 9.98. The zero-order valence-electron chi connectivity index (χ0n) is 15.2. The Bertz CT molecular complexity index is 868. The zero-order chi connectivity index (χ0) is 18.5. The summed E-state index contributed by atoms with van der Waals surface area (Å²) >= 11 is 0. The molecular weight excluding hydrogens is 328 g/mol. The summed E-state index contributed by atoms with van der Waals surface area (Å²) in [5, 5.41) is 7.05. The quantitative estimate of drug-likeness (QED) is 0.735. The van der Waals surface area contributed by atoms with Gasteiger partial charge in [0.1, 0.15) is 11.5 Å². The van der Waals surface area contributed by atoms with Crippen molar-refractivity contribution in [1.29, 1.82) is 0 Å². The fourth-order valence-corrected chi connectivity index (χ4v) is 2.95. The lowest BCUT2D eigenvalue weighted by Crippen LogP contribution is -2.30. The van der Waals surface area contributed by atoms with Crippen LogP contribution in [-0.4, -0.2) is 18.2 Å². The van der Waals surface area contributed by atoms with Gasteiger partial charge in [0.15, 0.2) is 0 Å². The van der Waals surface area contributed by atoms with Crippen LogP contribution in [0.3, 0.4) is 0 Å². The molecule has 1 aromatic heterocycles. The van der Waals surface area contributed by atoms with Crippen molar-refractivity contribution in [3.05, 3.63) is 82.7 Å². The minimum Gasteiger partial charge on any atom is -0.497 e. The number of carbonyl (C=O) groups is 1. The van der Waals surface area contributed by atoms with Gasteiger partial charge in [-0.3, -0.25) is 4.79 Å². The maximum absolute atomic E-state index is 12.7. The number of ether oxygens (including phenoxy) is 1. The Morgan fingerprint density at radius 1 is 1.12 bits per heavy atom. The smallest absolute Gasteiger partial charge is 0.225 e. The molecule has 0 saturated heterocycles. The van der Waals surface area contributed by atoms with Gasteiger partial charge in [-0.2, -0.15) is 0 Å². The molecule has 0 radical (unpaired) electrons. The molecule has 0 fully saturated rings. The molecule has 1 unspecified atom stereocenters. The van der Waals surface area contributed by atoms with Gasteiger partial charge < -0.3 is 14.6 Å². The first-order chi connectivity index (χ1) is 12.6. The number of aromatic nitrogens is 1. The van der Waals surface area contributed by atoms with E-state index in [1.54, 1.807) is 7.11 Å². The number of carbonyl (C=O) groups excluding carboxylic acids is 1. The number of nitrogens with zero attached hydrogens (tertiary/aromatic N) is 1. The van der Waals surface area contributed by atoms with Crippen molar-refractivity contribution >= 4 is 5.91 Å². The molecule has 1 N–H and O–H groups in total. The van der Waals surface area contributed by atoms with Crippen molar-refractivity contribution in [3.63, 3.8) is 0 Å². The molecule has 0 aliphatic rings. The SMILES string of the molecule is COc1cccc(C(NC(=O)Cc2c(C)noc2C)c2ccccc2)c1. The number of benzene rings is 2. The van der Waals surface area contributed by atoms with E-state index < -0.39 is 0 Å². The Balaban J connectivity index is 1.87. The van der Waals surface area contributed by atoms with Gasteiger partial charge in [0, 0.05) is 5.56 Å². The van der Waals surface area contributed by atoms with E-state index in [1.807, 2.05) is 68.4 Å². The number of amides is 1. The predicted molar refractivity (Wildman–Crippen MR) is 99.1 cm³/mol. The summed E-state index contributed by atoms with van der Waals surface area (Å²) in [7, 11) is 1.63. The Labute approximate surface area is 153 Å². The minimum atomic E-state index is -0.265. The molecule has 1 atom stereocenters. The predicted octanol–water partition coefficient (Wildman–Crippen LogP) is 3.75. The van der Waals surface area contributed by atoms with Gasteiger partial charge >= 0.3 is 0 Å². The second-order valence-corrected chi connectivity index (χ2v) is 6.17. The molecule has 5 nitrogen and oxygen atoms in total. The Hall–Kier alpha value is -3.08. The molecule has 1 amide bonds. The van der Waals surface area contributed by atoms with Gasteiger partial charge in [-0.15, -0.1) is 0 Å². The van der Waals surface area contributed by atoms with Crippen LogP contribution >= 0.6 is 0 Å². The number of aryl methyl sites for hydroxylation is 2. The van der Waals surface area contributed by atoms with Gasteiger partial charge in [0.25, 0.3) is 0 Å². The normalized spacial score (nSPS) is 11.8. The summed E-state index contributed by atoms with van der Waals surface area (Å²) in [5.74, 6) is 1.34. The first-order valence-corrected chi connectivity index (χ1v) is 8.48. The van der Waals surface area contributed by atoms with Gasteiger partial charge in [0.05, 0.1) is 25.3 Å². The molecule has 0 saturated carbocycles. The largest absolute Gasteiger partial charge is 0.497 e. The van der Waals surface area contributed by atoms with Crippen LogP contribution in [0.25, 0.3) is 0 Å². The maximum atomic E-state index is 12.7. The van der Waals surface area contributed by atoms with Crippen LogP contribution in [0, 0.1) is 13.8 Å². The summed E-state index contributed by atoms with van der Waals surface area (Å²) in [6.45, 7) is 3.66. The van der Waals surface area contributed by atoms with Crippen molar-refractivity contribution in [2.45, 2.75) is 26.3 Å². The second kappa shape index (κ2) is 7.87. The zero-order valence-corrected chi connectivity index (χ0v) is 15.2. The van der Waals surface area contributed by atoms with E-state index in [1.165, 1.54) is 0 Å². The molecule has 3 rings (SSSR count). The molecule has 0 aliphatic heterocycles. The Kier molecular flexibility index (Phi) is 5.37. The van der Waals surface area contributed by atoms with Crippen LogP contribution in [0.1, 0.15) is 34.2 Å². The third-order valence-corrected chi connectivity index (χ3v) is 4.38. The van der Waals surface area contributed by atoms with Gasteiger partial charge in [-0.05, 0) is 37.1 Å². The van der Waals surface area contributed by atoms with E-state index in [4.69, 9.17) is 9.26 Å². The maximum Gasteiger partial charge on any atom is 0.225 e. The Morgan fingerprint density at radius 3 is 2.50 bits per heavy atom. The topological polar surface area (TPSA) is 64.4 Å². The molecule has 0 aliphatic carbocycles. The second-order valence-electron chi connectivity index (χ2n) is 6.17. The molecule has 2 aromatic carbocycles. The number of rotatable bonds is 6. The lowest BCUT2D eigenvalue weighted by Gasteiger charge is -2.20. The van der Waals surface area contributed by atoms with E-state index in [0.717, 1.165) is 28.1 Å². The number of nitrogens with one attached hydrogen (secondary N) is 1. The molecule has 26 heavy (non-hydrogen) atoms. The van der Waals surface area contributed by atoms with Crippen LogP contribution in [-0.2, 0) is 11.2 Å². The van der Waals surface area contributed by atoms with E-state index in [9.17, 15) is 4.79 Å². The van der Waals surface area contributed by atoms with Crippen molar-refractivity contribution in [2.24, 2.45) is 0 Å². The average molecular weight is 350 g/mol. The number of hydrogen-bond acceptors (Lipinski definition) is 4. The minimum absolute atomic E-state index is 0.0870. The van der Waals surface area contributed by atoms with Crippen molar-refractivity contribution in [3.8, 4) is 5.75 Å². The van der Waals surface area contributed by atoms with Crippen LogP contribution in [0.5, 0.6) is 5.75 Å². The van der Waals surface area contributed by atoms with Gasteiger partial charge in [-0.1, -0.05) is 47.6 Å². The van der Waals surface area contributed by atoms with E-state index in [0.29, 0.717) is 5.76 Å². The Morgan fingerprint density at radius 2 is 1.85 bits per heavy atom. The van der Waals surface area contributed by atoms with Gasteiger partial charge in [0.2, 0.25) is 5.91 Å². The van der Waals surface area contributed by atoms with Crippen molar-refractivity contribution in [1.82, 2.24) is 10.5 Å². The average Bonchev–Trinajstić information content (AvgIpc) is 2.99. The monoisotopic (exact) mass is 350 g/mol. The molecule has 134 valence electrons. The fraction of sp³-hybridized carbons (Fsp3) is 0.238. The lowest BCUT2D eigenvalue weighted by molar-refractivity contribution is -0.121. The highest BCUT2D eigenvalue weighted by atomic mass is 16.5. The molecule has 5 heteroatoms. The molecule has 3 aromatic rings. The fourth-order valence-electron chi connectivity index (χ4n) is 2.95. The highest BCUT2D eigenvalue weighted by molar-refractivity contribution is 5.80. The highest BCUT2D eigenvalue weighted by Crippen LogP contribution is 2.25. The molecule has 0 spiro atoms. The molecular formula is C21H22N2O3. The van der Waals surface area contributed by atoms with Crippen LogP contribution < -0.4 is 10.1 Å². The van der Waals surface area contributed by atoms with Gasteiger partial charge in [-0.25, -0.2) is 0 Å². The standard InChI is InChI=1S/C21H22N2O3/c1-14-19(15(2)26-23-14)13-20(24)22-21(16-8-5-4-6-9-16)17-10-7-11-18(12-17)25-3/h4-12,21H,13H2,1-3H3,(H,22,24). The third kappa shape index (κ3) is 3.94. The van der Waals surface area contributed by atoms with E-state index >= 15 is 0 Å². The number of hydrogen-bond donors (Lipinski definition) is 1. The number of methoxy groups -OCH3 is 1. The van der Waals surface area contributed by atoms with E-state index in [-0.39, 0.29) is 18.4 Å².